The lowest BCUT2D eigenvalue weighted by molar-refractivity contribution is 0.00747. The molecule has 2 aliphatic carbocycles. The van der Waals surface area contributed by atoms with Gasteiger partial charge in [-0.15, -0.1) is 0 Å². The Morgan fingerprint density at radius 1 is 1.11 bits per heavy atom. The molecule has 2 heteroatoms. The highest BCUT2D eigenvalue weighted by Gasteiger charge is 2.45. The van der Waals surface area contributed by atoms with Crippen LogP contribution >= 0.6 is 0 Å². The fraction of sp³-hybridized carbons (Fsp3) is 0.680. The number of fused-ring (bicyclic) bond motifs is 3. The van der Waals surface area contributed by atoms with Crippen LogP contribution in [0.15, 0.2) is 23.8 Å². The topological polar surface area (TPSA) is 29.5 Å². The molecule has 0 radical (unpaired) electrons. The van der Waals surface area contributed by atoms with Gasteiger partial charge >= 0.3 is 0 Å². The van der Waals surface area contributed by atoms with Crippen LogP contribution in [-0.4, -0.2) is 10.7 Å². The van der Waals surface area contributed by atoms with Crippen molar-refractivity contribution in [2.75, 3.05) is 0 Å². The Hall–Kier alpha value is -1.44. The van der Waals surface area contributed by atoms with Crippen molar-refractivity contribution in [1.29, 1.82) is 0 Å². The fourth-order valence-corrected chi connectivity index (χ4v) is 5.93. The first-order valence-corrected chi connectivity index (χ1v) is 11.1. The molecule has 1 unspecified atom stereocenters. The monoisotopic (exact) mass is 368 g/mol. The summed E-state index contributed by atoms with van der Waals surface area (Å²) in [6.07, 6.45) is 12.5. The highest BCUT2D eigenvalue weighted by Crippen LogP contribution is 2.54. The van der Waals surface area contributed by atoms with E-state index in [4.69, 9.17) is 4.74 Å². The van der Waals surface area contributed by atoms with Crippen LogP contribution in [0.2, 0.25) is 0 Å². The second kappa shape index (κ2) is 7.18. The minimum atomic E-state index is -0.189. The Labute approximate surface area is 165 Å². The summed E-state index contributed by atoms with van der Waals surface area (Å²) in [6.45, 7) is 9.01. The van der Waals surface area contributed by atoms with Crippen molar-refractivity contribution in [3.8, 4) is 11.5 Å². The average molecular weight is 369 g/mol. The second-order valence-corrected chi connectivity index (χ2v) is 9.90. The van der Waals surface area contributed by atoms with Gasteiger partial charge in [-0.1, -0.05) is 44.3 Å². The number of benzene rings is 1. The molecule has 1 N–H and O–H groups in total. The molecule has 0 spiro atoms. The molecule has 1 aromatic carbocycles. The molecule has 3 atom stereocenters. The third kappa shape index (κ3) is 3.52. The number of ether oxygens (including phenoxy) is 1. The first-order chi connectivity index (χ1) is 12.9. The van der Waals surface area contributed by atoms with Gasteiger partial charge in [0.25, 0.3) is 0 Å². The SMILES string of the molecule is CC1=CC[C@@H]2[C@@H](C1)c1c(O)cc(C(C)C3CCCCCC3)cc1OC2(C)C. The van der Waals surface area contributed by atoms with E-state index in [2.05, 4.69) is 45.9 Å². The van der Waals surface area contributed by atoms with Gasteiger partial charge in [-0.05, 0) is 76.0 Å². The minimum Gasteiger partial charge on any atom is -0.508 e. The van der Waals surface area contributed by atoms with Gasteiger partial charge in [0.05, 0.1) is 0 Å². The molecule has 4 rings (SSSR count). The first kappa shape index (κ1) is 18.9. The van der Waals surface area contributed by atoms with Crippen LogP contribution in [0.25, 0.3) is 0 Å². The Morgan fingerprint density at radius 2 is 1.81 bits per heavy atom. The van der Waals surface area contributed by atoms with Crippen LogP contribution in [0.5, 0.6) is 11.5 Å². The number of hydrogen-bond acceptors (Lipinski definition) is 2. The summed E-state index contributed by atoms with van der Waals surface area (Å²) in [4.78, 5) is 0. The standard InChI is InChI=1S/C25H36O2/c1-16-11-12-21-20(13-16)24-22(26)14-19(15-23(24)27-25(21,3)4)17(2)18-9-7-5-6-8-10-18/h11,14-15,17-18,20-21,26H,5-10,12-13H2,1-4H3/t17?,20-,21-/m1/s1. The summed E-state index contributed by atoms with van der Waals surface area (Å²) >= 11 is 0. The maximum Gasteiger partial charge on any atom is 0.127 e. The smallest absolute Gasteiger partial charge is 0.127 e. The van der Waals surface area contributed by atoms with E-state index in [1.807, 2.05) is 0 Å². The van der Waals surface area contributed by atoms with E-state index in [9.17, 15) is 5.11 Å². The second-order valence-electron chi connectivity index (χ2n) is 9.90. The predicted molar refractivity (Wildman–Crippen MR) is 112 cm³/mol. The van der Waals surface area contributed by atoms with Crippen LogP contribution < -0.4 is 4.74 Å². The Bertz CT molecular complexity index is 722. The molecule has 27 heavy (non-hydrogen) atoms. The van der Waals surface area contributed by atoms with Gasteiger partial charge in [0, 0.05) is 17.4 Å². The zero-order valence-electron chi connectivity index (χ0n) is 17.6. The molecule has 1 fully saturated rings. The summed E-state index contributed by atoms with van der Waals surface area (Å²) in [5, 5.41) is 11.0. The minimum absolute atomic E-state index is 0.189. The van der Waals surface area contributed by atoms with Gasteiger partial charge in [-0.25, -0.2) is 0 Å². The van der Waals surface area contributed by atoms with Crippen LogP contribution in [-0.2, 0) is 0 Å². The van der Waals surface area contributed by atoms with E-state index in [-0.39, 0.29) is 5.60 Å². The third-order valence-electron chi connectivity index (χ3n) is 7.66. The number of rotatable bonds is 2. The maximum absolute atomic E-state index is 11.0. The summed E-state index contributed by atoms with van der Waals surface area (Å²) in [5.41, 5.74) is 3.57. The van der Waals surface area contributed by atoms with Gasteiger partial charge in [-0.2, -0.15) is 0 Å². The van der Waals surface area contributed by atoms with Gasteiger partial charge in [0.1, 0.15) is 17.1 Å². The molecule has 1 aliphatic heterocycles. The molecular weight excluding hydrogens is 332 g/mol. The summed E-state index contributed by atoms with van der Waals surface area (Å²) in [5.74, 6) is 3.42. The Kier molecular flexibility index (Phi) is 5.03. The molecule has 2 nitrogen and oxygen atoms in total. The molecule has 1 saturated carbocycles. The molecule has 1 heterocycles. The predicted octanol–water partition coefficient (Wildman–Crippen LogP) is 7.08. The Morgan fingerprint density at radius 3 is 2.52 bits per heavy atom. The van der Waals surface area contributed by atoms with Crippen molar-refractivity contribution in [2.24, 2.45) is 11.8 Å². The van der Waals surface area contributed by atoms with Crippen molar-refractivity contribution >= 4 is 0 Å². The van der Waals surface area contributed by atoms with Crippen molar-refractivity contribution in [2.45, 2.75) is 96.5 Å². The first-order valence-electron chi connectivity index (χ1n) is 11.1. The lowest BCUT2D eigenvalue weighted by atomic mass is 9.67. The van der Waals surface area contributed by atoms with Gasteiger partial charge in [0.2, 0.25) is 0 Å². The van der Waals surface area contributed by atoms with E-state index in [1.165, 1.54) is 49.7 Å². The highest BCUT2D eigenvalue weighted by atomic mass is 16.5. The molecule has 3 aliphatic rings. The number of phenolic OH excluding ortho intramolecular Hbond substituents is 1. The zero-order valence-corrected chi connectivity index (χ0v) is 17.6. The molecule has 0 bridgehead atoms. The van der Waals surface area contributed by atoms with Gasteiger partial charge in [0.15, 0.2) is 0 Å². The highest BCUT2D eigenvalue weighted by molar-refractivity contribution is 5.53. The summed E-state index contributed by atoms with van der Waals surface area (Å²) < 4.78 is 6.52. The molecule has 148 valence electrons. The van der Waals surface area contributed by atoms with Crippen molar-refractivity contribution in [3.63, 3.8) is 0 Å². The van der Waals surface area contributed by atoms with Crippen LogP contribution in [0.3, 0.4) is 0 Å². The van der Waals surface area contributed by atoms with Crippen LogP contribution in [0.4, 0.5) is 0 Å². The lowest BCUT2D eigenvalue weighted by Crippen LogP contribution is -2.45. The van der Waals surface area contributed by atoms with E-state index in [0.29, 0.717) is 23.5 Å². The third-order valence-corrected chi connectivity index (χ3v) is 7.66. The number of hydrogen-bond donors (Lipinski definition) is 1. The lowest BCUT2D eigenvalue weighted by Gasteiger charge is -2.47. The number of allylic oxidation sites excluding steroid dienone is 2. The summed E-state index contributed by atoms with van der Waals surface area (Å²) in [7, 11) is 0. The van der Waals surface area contributed by atoms with Crippen molar-refractivity contribution in [3.05, 3.63) is 34.9 Å². The molecule has 0 aromatic heterocycles. The largest absolute Gasteiger partial charge is 0.508 e. The quantitative estimate of drug-likeness (QED) is 0.446. The van der Waals surface area contributed by atoms with Crippen molar-refractivity contribution < 1.29 is 9.84 Å². The summed E-state index contributed by atoms with van der Waals surface area (Å²) in [6, 6.07) is 4.32. The Balaban J connectivity index is 1.69. The average Bonchev–Trinajstić information content (AvgIpc) is 2.89. The van der Waals surface area contributed by atoms with Crippen LogP contribution in [0, 0.1) is 11.8 Å². The molecular formula is C25H36O2. The van der Waals surface area contributed by atoms with Gasteiger partial charge in [-0.3, -0.25) is 0 Å². The van der Waals surface area contributed by atoms with Crippen molar-refractivity contribution in [1.82, 2.24) is 0 Å². The molecule has 0 amide bonds. The van der Waals surface area contributed by atoms with E-state index < -0.39 is 0 Å². The molecule has 1 aromatic rings. The van der Waals surface area contributed by atoms with Gasteiger partial charge < -0.3 is 9.84 Å². The van der Waals surface area contributed by atoms with E-state index in [0.717, 1.165) is 30.1 Å². The van der Waals surface area contributed by atoms with Crippen LogP contribution in [0.1, 0.15) is 102 Å². The number of aromatic hydroxyl groups is 1. The molecule has 0 saturated heterocycles. The zero-order chi connectivity index (χ0) is 19.2. The fourth-order valence-electron chi connectivity index (χ4n) is 5.93. The normalized spacial score (nSPS) is 29.0. The van der Waals surface area contributed by atoms with E-state index in [1.54, 1.807) is 0 Å². The van der Waals surface area contributed by atoms with E-state index >= 15 is 0 Å². The maximum atomic E-state index is 11.0. The number of phenols is 1.